The van der Waals surface area contributed by atoms with E-state index in [0.29, 0.717) is 0 Å². The monoisotopic (exact) mass is 202 g/mol. The second kappa shape index (κ2) is 3.50. The number of nitrogens with zero attached hydrogens (tertiary/aromatic N) is 2. The number of hydrogen-bond donors (Lipinski definition) is 0. The quantitative estimate of drug-likeness (QED) is 0.750. The van der Waals surface area contributed by atoms with Gasteiger partial charge in [-0.25, -0.2) is 4.98 Å². The summed E-state index contributed by atoms with van der Waals surface area (Å²) in [7, 11) is 0. The van der Waals surface area contributed by atoms with Gasteiger partial charge < -0.3 is 4.57 Å². The predicted octanol–water partition coefficient (Wildman–Crippen LogP) is 2.49. The zero-order valence-corrected chi connectivity index (χ0v) is 9.19. The van der Waals surface area contributed by atoms with Crippen molar-refractivity contribution in [1.82, 2.24) is 9.55 Å². The van der Waals surface area contributed by atoms with Crippen molar-refractivity contribution >= 4 is 16.8 Å². The van der Waals surface area contributed by atoms with E-state index in [1.54, 1.807) is 13.1 Å². The first-order valence-corrected chi connectivity index (χ1v) is 5.04. The molecule has 0 radical (unpaired) electrons. The van der Waals surface area contributed by atoms with E-state index < -0.39 is 0 Å². The summed E-state index contributed by atoms with van der Waals surface area (Å²) < 4.78 is 1.98. The highest BCUT2D eigenvalue weighted by Crippen LogP contribution is 2.22. The van der Waals surface area contributed by atoms with Crippen molar-refractivity contribution in [2.75, 3.05) is 0 Å². The first-order chi connectivity index (χ1) is 7.11. The molecule has 2 heterocycles. The Hall–Kier alpha value is -1.64. The number of ketones is 1. The number of hydrogen-bond acceptors (Lipinski definition) is 2. The van der Waals surface area contributed by atoms with Crippen LogP contribution in [0.2, 0.25) is 0 Å². The average Bonchev–Trinajstić information content (AvgIpc) is 2.52. The van der Waals surface area contributed by atoms with Gasteiger partial charge in [0.05, 0.1) is 6.04 Å². The molecule has 3 nitrogen and oxygen atoms in total. The van der Waals surface area contributed by atoms with Crippen LogP contribution in [0.15, 0.2) is 24.4 Å². The van der Waals surface area contributed by atoms with E-state index >= 15 is 0 Å². The zero-order valence-electron chi connectivity index (χ0n) is 9.19. The topological polar surface area (TPSA) is 34.9 Å². The van der Waals surface area contributed by atoms with Crippen LogP contribution in [-0.2, 0) is 4.79 Å². The summed E-state index contributed by atoms with van der Waals surface area (Å²) in [5.41, 5.74) is 1.96. The standard InChI is InChI=1S/C12H14N2O/c1-8-7-11-5-4-6-13-12(11)14(8)9(2)10(3)15/h4-7,9H,1-3H3. The number of carbonyl (C=O) groups excluding carboxylic acids is 1. The van der Waals surface area contributed by atoms with Crippen LogP contribution in [-0.4, -0.2) is 15.3 Å². The molecule has 0 N–H and O–H groups in total. The third kappa shape index (κ3) is 1.54. The molecule has 0 aliphatic carbocycles. The van der Waals surface area contributed by atoms with Gasteiger partial charge in [-0.3, -0.25) is 4.79 Å². The Balaban J connectivity index is 2.68. The Morgan fingerprint density at radius 2 is 2.27 bits per heavy atom. The second-order valence-corrected chi connectivity index (χ2v) is 3.86. The van der Waals surface area contributed by atoms with Crippen LogP contribution in [0, 0.1) is 6.92 Å². The molecule has 1 unspecified atom stereocenters. The highest BCUT2D eigenvalue weighted by Gasteiger charge is 2.15. The van der Waals surface area contributed by atoms with Crippen molar-refractivity contribution in [3.05, 3.63) is 30.1 Å². The van der Waals surface area contributed by atoms with Crippen molar-refractivity contribution in [2.45, 2.75) is 26.8 Å². The lowest BCUT2D eigenvalue weighted by Gasteiger charge is -2.13. The van der Waals surface area contributed by atoms with Crippen LogP contribution in [0.25, 0.3) is 11.0 Å². The van der Waals surface area contributed by atoms with Crippen molar-refractivity contribution in [1.29, 1.82) is 0 Å². The smallest absolute Gasteiger partial charge is 0.152 e. The summed E-state index contributed by atoms with van der Waals surface area (Å²) in [5.74, 6) is 0.154. The van der Waals surface area contributed by atoms with Gasteiger partial charge in [0, 0.05) is 17.3 Å². The summed E-state index contributed by atoms with van der Waals surface area (Å²) in [6, 6.07) is 5.84. The fraction of sp³-hybridized carbons (Fsp3) is 0.333. The zero-order chi connectivity index (χ0) is 11.0. The largest absolute Gasteiger partial charge is 0.320 e. The summed E-state index contributed by atoms with van der Waals surface area (Å²) in [5, 5.41) is 1.09. The number of aromatic nitrogens is 2. The lowest BCUT2D eigenvalue weighted by Crippen LogP contribution is -2.14. The van der Waals surface area contributed by atoms with E-state index in [2.05, 4.69) is 11.1 Å². The van der Waals surface area contributed by atoms with Gasteiger partial charge in [0.1, 0.15) is 5.65 Å². The summed E-state index contributed by atoms with van der Waals surface area (Å²) in [6.07, 6.45) is 1.76. The highest BCUT2D eigenvalue weighted by atomic mass is 16.1. The number of pyridine rings is 1. The maximum atomic E-state index is 11.4. The van der Waals surface area contributed by atoms with E-state index in [9.17, 15) is 4.79 Å². The Bertz CT molecular complexity index is 513. The van der Waals surface area contributed by atoms with Gasteiger partial charge in [-0.1, -0.05) is 0 Å². The molecular weight excluding hydrogens is 188 g/mol. The molecule has 0 saturated heterocycles. The van der Waals surface area contributed by atoms with Crippen LogP contribution >= 0.6 is 0 Å². The lowest BCUT2D eigenvalue weighted by atomic mass is 10.2. The van der Waals surface area contributed by atoms with E-state index in [4.69, 9.17) is 0 Å². The summed E-state index contributed by atoms with van der Waals surface area (Å²) in [6.45, 7) is 5.52. The molecule has 0 aromatic carbocycles. The minimum atomic E-state index is -0.141. The molecule has 0 fully saturated rings. The molecule has 78 valence electrons. The van der Waals surface area contributed by atoms with Crippen LogP contribution in [0.3, 0.4) is 0 Å². The van der Waals surface area contributed by atoms with Crippen molar-refractivity contribution < 1.29 is 4.79 Å². The maximum Gasteiger partial charge on any atom is 0.152 e. The van der Waals surface area contributed by atoms with Crippen LogP contribution in [0.1, 0.15) is 25.6 Å². The van der Waals surface area contributed by atoms with Gasteiger partial charge >= 0.3 is 0 Å². The Morgan fingerprint density at radius 3 is 2.93 bits per heavy atom. The highest BCUT2D eigenvalue weighted by molar-refractivity contribution is 5.84. The van der Waals surface area contributed by atoms with E-state index in [1.807, 2.05) is 30.5 Å². The Kier molecular flexibility index (Phi) is 2.31. The number of fused-ring (bicyclic) bond motifs is 1. The normalized spacial score (nSPS) is 13.0. The summed E-state index contributed by atoms with van der Waals surface area (Å²) >= 11 is 0. The SMILES string of the molecule is CC(=O)C(C)n1c(C)cc2cccnc21. The molecule has 1 atom stereocenters. The summed E-state index contributed by atoms with van der Waals surface area (Å²) in [4.78, 5) is 15.7. The van der Waals surface area contributed by atoms with Crippen molar-refractivity contribution in [2.24, 2.45) is 0 Å². The minimum absolute atomic E-state index is 0.141. The van der Waals surface area contributed by atoms with Crippen molar-refractivity contribution in [3.63, 3.8) is 0 Å². The molecule has 0 saturated carbocycles. The van der Waals surface area contributed by atoms with E-state index in [0.717, 1.165) is 16.7 Å². The number of rotatable bonds is 2. The Morgan fingerprint density at radius 1 is 1.53 bits per heavy atom. The molecule has 2 aromatic heterocycles. The third-order valence-corrected chi connectivity index (χ3v) is 2.77. The second-order valence-electron chi connectivity index (χ2n) is 3.86. The molecule has 2 aromatic rings. The van der Waals surface area contributed by atoms with Gasteiger partial charge in [-0.15, -0.1) is 0 Å². The van der Waals surface area contributed by atoms with Crippen LogP contribution in [0.4, 0.5) is 0 Å². The molecule has 0 aliphatic rings. The van der Waals surface area contributed by atoms with Gasteiger partial charge in [0.25, 0.3) is 0 Å². The third-order valence-electron chi connectivity index (χ3n) is 2.77. The molecule has 3 heteroatoms. The first kappa shape index (κ1) is 9.90. The fourth-order valence-corrected chi connectivity index (χ4v) is 1.86. The number of carbonyl (C=O) groups is 1. The molecule has 0 bridgehead atoms. The van der Waals surface area contributed by atoms with Gasteiger partial charge in [0.15, 0.2) is 5.78 Å². The minimum Gasteiger partial charge on any atom is -0.320 e. The number of aryl methyl sites for hydroxylation is 1. The molecule has 0 aliphatic heterocycles. The van der Waals surface area contributed by atoms with Gasteiger partial charge in [0.2, 0.25) is 0 Å². The molecule has 2 rings (SSSR count). The lowest BCUT2D eigenvalue weighted by molar-refractivity contribution is -0.119. The fourth-order valence-electron chi connectivity index (χ4n) is 1.86. The molecule has 15 heavy (non-hydrogen) atoms. The van der Waals surface area contributed by atoms with E-state index in [-0.39, 0.29) is 11.8 Å². The predicted molar refractivity (Wildman–Crippen MR) is 59.9 cm³/mol. The Labute approximate surface area is 88.7 Å². The first-order valence-electron chi connectivity index (χ1n) is 5.04. The van der Waals surface area contributed by atoms with Crippen molar-refractivity contribution in [3.8, 4) is 0 Å². The van der Waals surface area contributed by atoms with E-state index in [1.165, 1.54) is 0 Å². The van der Waals surface area contributed by atoms with Crippen LogP contribution < -0.4 is 0 Å². The van der Waals surface area contributed by atoms with Gasteiger partial charge in [-0.2, -0.15) is 0 Å². The molecule has 0 amide bonds. The molecular formula is C12H14N2O. The van der Waals surface area contributed by atoms with Gasteiger partial charge in [-0.05, 0) is 39.0 Å². The number of Topliss-reactive ketones (excluding diaryl/α,β-unsaturated/α-hetero) is 1. The maximum absolute atomic E-state index is 11.4. The molecule has 0 spiro atoms. The van der Waals surface area contributed by atoms with Crippen LogP contribution in [0.5, 0.6) is 0 Å². The average molecular weight is 202 g/mol.